The van der Waals surface area contributed by atoms with E-state index in [1.807, 2.05) is 25.1 Å². The number of alkyl halides is 2. The topological polar surface area (TPSA) is 55.7 Å². The summed E-state index contributed by atoms with van der Waals surface area (Å²) in [6, 6.07) is 5.68. The summed E-state index contributed by atoms with van der Waals surface area (Å²) in [4.78, 5) is 8.62. The average molecular weight is 421 g/mol. The average Bonchev–Trinajstić information content (AvgIpc) is 3.33. The van der Waals surface area contributed by atoms with Gasteiger partial charge >= 0.3 is 0 Å². The van der Waals surface area contributed by atoms with E-state index in [1.165, 1.54) is 16.0 Å². The predicted molar refractivity (Wildman–Crippen MR) is 105 cm³/mol. The second kappa shape index (κ2) is 6.56. The number of fused-ring (bicyclic) bond motifs is 2. The molecule has 0 atom stereocenters. The van der Waals surface area contributed by atoms with Crippen molar-refractivity contribution in [2.45, 2.75) is 26.3 Å². The van der Waals surface area contributed by atoms with Crippen LogP contribution >= 0.6 is 22.9 Å². The summed E-state index contributed by atoms with van der Waals surface area (Å²) in [6.07, 6.45) is -0.346. The molecule has 5 heterocycles. The normalized spacial score (nSPS) is 13.9. The van der Waals surface area contributed by atoms with Crippen LogP contribution in [0.15, 0.2) is 24.4 Å². The number of hydrogen-bond acceptors (Lipinski definition) is 4. The second-order valence-corrected chi connectivity index (χ2v) is 8.47. The minimum Gasteiger partial charge on any atom is -0.477 e. The number of rotatable bonds is 3. The van der Waals surface area contributed by atoms with Gasteiger partial charge in [0.05, 0.1) is 17.9 Å². The first kappa shape index (κ1) is 17.6. The van der Waals surface area contributed by atoms with Gasteiger partial charge in [0.1, 0.15) is 15.7 Å². The number of ether oxygens (including phenoxy) is 1. The fourth-order valence-electron chi connectivity index (χ4n) is 3.68. The van der Waals surface area contributed by atoms with E-state index < -0.39 is 6.43 Å². The molecule has 1 N–H and O–H groups in total. The highest BCUT2D eigenvalue weighted by molar-refractivity contribution is 7.16. The Labute approximate surface area is 167 Å². The quantitative estimate of drug-likeness (QED) is 0.453. The van der Waals surface area contributed by atoms with E-state index in [0.717, 1.165) is 27.8 Å². The molecule has 0 bridgehead atoms. The van der Waals surface area contributed by atoms with Crippen molar-refractivity contribution in [2.24, 2.45) is 0 Å². The number of thiophene rings is 1. The Morgan fingerprint density at radius 3 is 2.96 bits per heavy atom. The molecule has 1 aliphatic rings. The lowest BCUT2D eigenvalue weighted by Crippen LogP contribution is -2.15. The van der Waals surface area contributed by atoms with Crippen molar-refractivity contribution >= 4 is 34.0 Å². The van der Waals surface area contributed by atoms with Crippen molar-refractivity contribution in [3.05, 3.63) is 39.3 Å². The van der Waals surface area contributed by atoms with Crippen LogP contribution in [0.5, 0.6) is 5.88 Å². The molecule has 4 aromatic heterocycles. The number of hydrogen-bond donors (Lipinski definition) is 1. The monoisotopic (exact) mass is 420 g/mol. The van der Waals surface area contributed by atoms with Crippen LogP contribution in [0.1, 0.15) is 23.4 Å². The van der Waals surface area contributed by atoms with Gasteiger partial charge < -0.3 is 9.72 Å². The molecule has 5 rings (SSSR count). The van der Waals surface area contributed by atoms with Crippen LogP contribution in [-0.4, -0.2) is 26.4 Å². The molecule has 4 aromatic rings. The summed E-state index contributed by atoms with van der Waals surface area (Å²) in [7, 11) is 0. The maximum atomic E-state index is 13.9. The number of aryl methyl sites for hydroxylation is 2. The van der Waals surface area contributed by atoms with Gasteiger partial charge in [-0.1, -0.05) is 11.6 Å². The van der Waals surface area contributed by atoms with E-state index in [0.29, 0.717) is 34.7 Å². The third-order valence-electron chi connectivity index (χ3n) is 4.79. The van der Waals surface area contributed by atoms with Crippen LogP contribution in [0.25, 0.3) is 33.4 Å². The second-order valence-electron chi connectivity index (χ2n) is 6.61. The van der Waals surface area contributed by atoms with Crippen LogP contribution in [0.2, 0.25) is 4.34 Å². The summed E-state index contributed by atoms with van der Waals surface area (Å²) in [5, 5.41) is 4.94. The molecule has 0 fully saturated rings. The summed E-state index contributed by atoms with van der Waals surface area (Å²) >= 11 is 7.95. The van der Waals surface area contributed by atoms with Crippen LogP contribution < -0.4 is 4.74 Å². The lowest BCUT2D eigenvalue weighted by molar-refractivity contribution is 0.145. The van der Waals surface area contributed by atoms with E-state index in [4.69, 9.17) is 16.3 Å². The fraction of sp³-hybridized carbons (Fsp3) is 0.263. The Kier molecular flexibility index (Phi) is 4.13. The molecule has 144 valence electrons. The molecule has 0 saturated heterocycles. The number of pyridine rings is 1. The smallest absolute Gasteiger partial charge is 0.282 e. The van der Waals surface area contributed by atoms with Gasteiger partial charge in [-0.2, -0.15) is 5.10 Å². The molecule has 9 heteroatoms. The molecule has 28 heavy (non-hydrogen) atoms. The van der Waals surface area contributed by atoms with Crippen molar-refractivity contribution in [2.75, 3.05) is 6.61 Å². The van der Waals surface area contributed by atoms with Gasteiger partial charge in [-0.05, 0) is 25.1 Å². The van der Waals surface area contributed by atoms with Gasteiger partial charge in [-0.25, -0.2) is 18.4 Å². The summed E-state index contributed by atoms with van der Waals surface area (Å²) in [6.45, 7) is 2.97. The van der Waals surface area contributed by atoms with Crippen LogP contribution in [0.3, 0.4) is 0 Å². The van der Waals surface area contributed by atoms with E-state index >= 15 is 0 Å². The highest BCUT2D eigenvalue weighted by Gasteiger charge is 2.32. The van der Waals surface area contributed by atoms with Crippen molar-refractivity contribution in [1.82, 2.24) is 19.7 Å². The van der Waals surface area contributed by atoms with Crippen molar-refractivity contribution in [3.63, 3.8) is 0 Å². The van der Waals surface area contributed by atoms with Crippen LogP contribution in [-0.2, 0) is 6.54 Å². The standard InChI is InChI=1S/C19H15ClF2N4OS/c1-9-8-11(16(20)28-9)12-10-4-2-5-23-18(10)24-14(12)13-15(17(21)22)25-26-6-3-7-27-19(13)26/h2,4-5,8,17H,3,6-7H2,1H3,(H,23,24). The number of nitrogens with zero attached hydrogens (tertiary/aromatic N) is 3. The molecule has 0 spiro atoms. The number of nitrogens with one attached hydrogen (secondary N) is 1. The zero-order valence-electron chi connectivity index (χ0n) is 14.8. The highest BCUT2D eigenvalue weighted by atomic mass is 35.5. The predicted octanol–water partition coefficient (Wildman–Crippen LogP) is 5.84. The number of aromatic amines is 1. The molecule has 1 aliphatic heterocycles. The first-order valence-corrected chi connectivity index (χ1v) is 9.99. The van der Waals surface area contributed by atoms with E-state index in [2.05, 4.69) is 15.1 Å². The molecule has 0 unspecified atom stereocenters. The Morgan fingerprint density at radius 1 is 1.36 bits per heavy atom. The van der Waals surface area contributed by atoms with Gasteiger partial charge in [-0.3, -0.25) is 0 Å². The zero-order valence-corrected chi connectivity index (χ0v) is 16.4. The van der Waals surface area contributed by atoms with Gasteiger partial charge in [0.25, 0.3) is 6.43 Å². The Hall–Kier alpha value is -2.45. The van der Waals surface area contributed by atoms with E-state index in [1.54, 1.807) is 6.20 Å². The molecule has 0 aliphatic carbocycles. The number of H-pyrrole nitrogens is 1. The maximum absolute atomic E-state index is 13.9. The lowest BCUT2D eigenvalue weighted by Gasteiger charge is -2.16. The first-order chi connectivity index (χ1) is 13.5. The Bertz CT molecular complexity index is 1200. The van der Waals surface area contributed by atoms with Crippen molar-refractivity contribution in [1.29, 1.82) is 0 Å². The van der Waals surface area contributed by atoms with Gasteiger partial charge in [0.2, 0.25) is 5.88 Å². The fourth-order valence-corrected chi connectivity index (χ4v) is 4.92. The molecule has 0 saturated carbocycles. The summed E-state index contributed by atoms with van der Waals surface area (Å²) in [5.74, 6) is 0.359. The minimum absolute atomic E-state index is 0.280. The molecule has 0 radical (unpaired) electrons. The van der Waals surface area contributed by atoms with Crippen molar-refractivity contribution in [3.8, 4) is 28.3 Å². The van der Waals surface area contributed by atoms with E-state index in [-0.39, 0.29) is 11.3 Å². The maximum Gasteiger partial charge on any atom is 0.282 e. The molecule has 0 aromatic carbocycles. The lowest BCUT2D eigenvalue weighted by atomic mass is 10.0. The SMILES string of the molecule is Cc1cc(-c2c(-c3c(C(F)F)nn4c3OCCC4)[nH]c3ncccc23)c(Cl)s1. The van der Waals surface area contributed by atoms with Crippen molar-refractivity contribution < 1.29 is 13.5 Å². The zero-order chi connectivity index (χ0) is 19.4. The third kappa shape index (κ3) is 2.62. The molecule has 5 nitrogen and oxygen atoms in total. The molecular weight excluding hydrogens is 406 g/mol. The van der Waals surface area contributed by atoms with E-state index in [9.17, 15) is 8.78 Å². The minimum atomic E-state index is -2.73. The van der Waals surface area contributed by atoms with Crippen LogP contribution in [0, 0.1) is 6.92 Å². The number of aromatic nitrogens is 4. The van der Waals surface area contributed by atoms with Gasteiger partial charge in [-0.15, -0.1) is 11.3 Å². The first-order valence-electron chi connectivity index (χ1n) is 8.79. The largest absolute Gasteiger partial charge is 0.477 e. The number of halogens is 3. The third-order valence-corrected chi connectivity index (χ3v) is 6.07. The van der Waals surface area contributed by atoms with Gasteiger partial charge in [0.15, 0.2) is 0 Å². The Balaban J connectivity index is 1.87. The summed E-state index contributed by atoms with van der Waals surface area (Å²) in [5.41, 5.74) is 2.62. The molecular formula is C19H15ClF2N4OS. The van der Waals surface area contributed by atoms with Crippen LogP contribution in [0.4, 0.5) is 8.78 Å². The van der Waals surface area contributed by atoms with Gasteiger partial charge in [0, 0.05) is 40.6 Å². The summed E-state index contributed by atoms with van der Waals surface area (Å²) < 4.78 is 35.7. The highest BCUT2D eigenvalue weighted by Crippen LogP contribution is 2.48. The Morgan fingerprint density at radius 2 is 2.21 bits per heavy atom. The molecule has 0 amide bonds.